The fourth-order valence-electron chi connectivity index (χ4n) is 1.34. The van der Waals surface area contributed by atoms with Gasteiger partial charge < -0.3 is 10.1 Å². The van der Waals surface area contributed by atoms with Crippen LogP contribution in [0.1, 0.15) is 13.8 Å². The lowest BCUT2D eigenvalue weighted by molar-refractivity contribution is -0.150. The van der Waals surface area contributed by atoms with Crippen molar-refractivity contribution in [3.05, 3.63) is 0 Å². The molecule has 1 unspecified atom stereocenters. The second-order valence-electron chi connectivity index (χ2n) is 4.37. The summed E-state index contributed by atoms with van der Waals surface area (Å²) in [6.07, 6.45) is 0. The second-order valence-corrected chi connectivity index (χ2v) is 5.40. The van der Waals surface area contributed by atoms with Gasteiger partial charge >= 0.3 is 5.97 Å². The molecule has 1 atom stereocenters. The number of hydrogen-bond acceptors (Lipinski definition) is 5. The van der Waals surface area contributed by atoms with Crippen molar-refractivity contribution in [2.75, 3.05) is 25.3 Å². The number of methoxy groups -OCH3 is 1. The molecule has 2 N–H and O–H groups in total. The zero-order valence-electron chi connectivity index (χ0n) is 10.2. The SMILES string of the molecule is COC(=O)C(C)(C)CNC(=O)C1CSCN1.Cl. The van der Waals surface area contributed by atoms with Crippen molar-refractivity contribution in [3.63, 3.8) is 0 Å². The Hall–Kier alpha value is -0.460. The van der Waals surface area contributed by atoms with Gasteiger partial charge in [0.05, 0.1) is 18.6 Å². The first-order valence-corrected chi connectivity index (χ1v) is 6.30. The van der Waals surface area contributed by atoms with Crippen LogP contribution < -0.4 is 10.6 Å². The van der Waals surface area contributed by atoms with E-state index in [4.69, 9.17) is 0 Å². The number of thioether (sulfide) groups is 1. The summed E-state index contributed by atoms with van der Waals surface area (Å²) >= 11 is 1.69. The van der Waals surface area contributed by atoms with E-state index >= 15 is 0 Å². The molecule has 0 radical (unpaired) electrons. The van der Waals surface area contributed by atoms with Gasteiger partial charge in [-0.05, 0) is 13.8 Å². The number of ether oxygens (including phenoxy) is 1. The van der Waals surface area contributed by atoms with Crippen molar-refractivity contribution >= 4 is 36.0 Å². The predicted molar refractivity (Wildman–Crippen MR) is 70.3 cm³/mol. The molecule has 1 amide bonds. The highest BCUT2D eigenvalue weighted by molar-refractivity contribution is 7.99. The number of hydrogen-bond donors (Lipinski definition) is 2. The molecule has 0 saturated carbocycles. The van der Waals surface area contributed by atoms with Crippen molar-refractivity contribution in [1.82, 2.24) is 10.6 Å². The molecule has 0 aliphatic carbocycles. The van der Waals surface area contributed by atoms with Crippen LogP contribution in [0.3, 0.4) is 0 Å². The standard InChI is InChI=1S/C10H18N2O3S.ClH/c1-10(2,9(14)15-3)5-11-8(13)7-4-16-6-12-7;/h7,12H,4-6H2,1-3H3,(H,11,13);1H. The first-order valence-electron chi connectivity index (χ1n) is 5.14. The molecule has 0 spiro atoms. The number of esters is 1. The largest absolute Gasteiger partial charge is 0.469 e. The van der Waals surface area contributed by atoms with Gasteiger partial charge in [0, 0.05) is 18.2 Å². The molecule has 1 saturated heterocycles. The minimum Gasteiger partial charge on any atom is -0.469 e. The predicted octanol–water partition coefficient (Wildman–Crippen LogP) is 0.386. The summed E-state index contributed by atoms with van der Waals surface area (Å²) in [5.41, 5.74) is -0.684. The number of rotatable bonds is 4. The van der Waals surface area contributed by atoms with E-state index in [0.717, 1.165) is 11.6 Å². The highest BCUT2D eigenvalue weighted by Gasteiger charge is 2.31. The minimum absolute atomic E-state index is 0. The molecule has 1 heterocycles. The Morgan fingerprint density at radius 2 is 2.18 bits per heavy atom. The topological polar surface area (TPSA) is 67.4 Å². The molecule has 100 valence electrons. The third kappa shape index (κ3) is 4.73. The Morgan fingerprint density at radius 1 is 1.53 bits per heavy atom. The van der Waals surface area contributed by atoms with Gasteiger partial charge in [-0.25, -0.2) is 0 Å². The van der Waals surface area contributed by atoms with E-state index in [1.54, 1.807) is 25.6 Å². The summed E-state index contributed by atoms with van der Waals surface area (Å²) in [5, 5.41) is 5.84. The Kier molecular flexibility index (Phi) is 6.89. The Balaban J connectivity index is 0.00000256. The zero-order chi connectivity index (χ0) is 12.2. The molecule has 1 rings (SSSR count). The summed E-state index contributed by atoms with van der Waals surface area (Å²) in [5.74, 6) is 1.21. The second kappa shape index (κ2) is 7.08. The van der Waals surface area contributed by atoms with Crippen LogP contribution in [0.2, 0.25) is 0 Å². The third-order valence-corrected chi connectivity index (χ3v) is 3.42. The molecule has 0 bridgehead atoms. The molecule has 5 nitrogen and oxygen atoms in total. The number of amides is 1. The number of carbonyl (C=O) groups is 2. The number of nitrogens with one attached hydrogen (secondary N) is 2. The Morgan fingerprint density at radius 3 is 2.65 bits per heavy atom. The maximum Gasteiger partial charge on any atom is 0.313 e. The van der Waals surface area contributed by atoms with E-state index in [1.807, 2.05) is 0 Å². The van der Waals surface area contributed by atoms with E-state index < -0.39 is 5.41 Å². The van der Waals surface area contributed by atoms with Crippen molar-refractivity contribution < 1.29 is 14.3 Å². The quantitative estimate of drug-likeness (QED) is 0.730. The van der Waals surface area contributed by atoms with E-state index in [1.165, 1.54) is 7.11 Å². The number of halogens is 1. The molecule has 17 heavy (non-hydrogen) atoms. The highest BCUT2D eigenvalue weighted by atomic mass is 35.5. The average Bonchev–Trinajstić information content (AvgIpc) is 2.78. The van der Waals surface area contributed by atoms with Gasteiger partial charge in [-0.1, -0.05) is 0 Å². The lowest BCUT2D eigenvalue weighted by atomic mass is 9.93. The van der Waals surface area contributed by atoms with Crippen LogP contribution in [0.25, 0.3) is 0 Å². The fraction of sp³-hybridized carbons (Fsp3) is 0.800. The van der Waals surface area contributed by atoms with Crippen LogP contribution in [-0.4, -0.2) is 43.2 Å². The molecule has 1 fully saturated rings. The molecule has 0 aromatic carbocycles. The molecule has 7 heteroatoms. The van der Waals surface area contributed by atoms with E-state index in [9.17, 15) is 9.59 Å². The lowest BCUT2D eigenvalue weighted by Gasteiger charge is -2.22. The van der Waals surface area contributed by atoms with Crippen LogP contribution in [0.15, 0.2) is 0 Å². The van der Waals surface area contributed by atoms with Crippen molar-refractivity contribution in [1.29, 1.82) is 0 Å². The Bertz CT molecular complexity index is 281. The molecular formula is C10H19ClN2O3S. The summed E-state index contributed by atoms with van der Waals surface area (Å²) in [4.78, 5) is 23.0. The van der Waals surface area contributed by atoms with Gasteiger partial charge in [-0.15, -0.1) is 24.2 Å². The minimum atomic E-state index is -0.684. The smallest absolute Gasteiger partial charge is 0.313 e. The van der Waals surface area contributed by atoms with Gasteiger partial charge in [0.15, 0.2) is 0 Å². The van der Waals surface area contributed by atoms with Crippen LogP contribution in [0.4, 0.5) is 0 Å². The Labute approximate surface area is 112 Å². The monoisotopic (exact) mass is 282 g/mol. The summed E-state index contributed by atoms with van der Waals surface area (Å²) in [6, 6.07) is -0.140. The van der Waals surface area contributed by atoms with Gasteiger partial charge in [-0.2, -0.15) is 0 Å². The summed E-state index contributed by atoms with van der Waals surface area (Å²) < 4.78 is 4.66. The van der Waals surface area contributed by atoms with Crippen LogP contribution in [0.5, 0.6) is 0 Å². The molecule has 0 aromatic heterocycles. The summed E-state index contributed by atoms with van der Waals surface area (Å²) in [7, 11) is 1.35. The maximum absolute atomic E-state index is 11.7. The van der Waals surface area contributed by atoms with Crippen molar-refractivity contribution in [2.24, 2.45) is 5.41 Å². The van der Waals surface area contributed by atoms with Crippen molar-refractivity contribution in [3.8, 4) is 0 Å². The first-order chi connectivity index (χ1) is 7.47. The van der Waals surface area contributed by atoms with Crippen LogP contribution in [-0.2, 0) is 14.3 Å². The van der Waals surface area contributed by atoms with Crippen LogP contribution >= 0.6 is 24.2 Å². The van der Waals surface area contributed by atoms with Gasteiger partial charge in [0.2, 0.25) is 5.91 Å². The fourth-order valence-corrected chi connectivity index (χ4v) is 2.29. The molecule has 1 aliphatic heterocycles. The maximum atomic E-state index is 11.7. The van der Waals surface area contributed by atoms with Crippen LogP contribution in [0, 0.1) is 5.41 Å². The zero-order valence-corrected chi connectivity index (χ0v) is 11.9. The third-order valence-electron chi connectivity index (χ3n) is 2.48. The molecule has 0 aromatic rings. The van der Waals surface area contributed by atoms with Crippen molar-refractivity contribution in [2.45, 2.75) is 19.9 Å². The van der Waals surface area contributed by atoms with Gasteiger partial charge in [-0.3, -0.25) is 14.9 Å². The van der Waals surface area contributed by atoms with E-state index in [-0.39, 0.29) is 30.3 Å². The average molecular weight is 283 g/mol. The highest BCUT2D eigenvalue weighted by Crippen LogP contribution is 2.16. The first kappa shape index (κ1) is 16.5. The number of carbonyl (C=O) groups excluding carboxylic acids is 2. The molecular weight excluding hydrogens is 264 g/mol. The lowest BCUT2D eigenvalue weighted by Crippen LogP contribution is -2.47. The van der Waals surface area contributed by atoms with Gasteiger partial charge in [0.1, 0.15) is 0 Å². The van der Waals surface area contributed by atoms with Gasteiger partial charge in [0.25, 0.3) is 0 Å². The molecule has 1 aliphatic rings. The van der Waals surface area contributed by atoms with E-state index in [2.05, 4.69) is 15.4 Å². The summed E-state index contributed by atoms with van der Waals surface area (Å²) in [6.45, 7) is 3.78. The normalized spacial score (nSPS) is 19.4. The van der Waals surface area contributed by atoms with E-state index in [0.29, 0.717) is 6.54 Å².